The summed E-state index contributed by atoms with van der Waals surface area (Å²) in [6.07, 6.45) is 5.88. The van der Waals surface area contributed by atoms with Crippen LogP contribution in [0.4, 0.5) is 5.82 Å². The number of rotatable bonds is 19. The van der Waals surface area contributed by atoms with E-state index in [-0.39, 0.29) is 36.0 Å². The van der Waals surface area contributed by atoms with Crippen LogP contribution in [0.2, 0.25) is 0 Å². The zero-order valence-corrected chi connectivity index (χ0v) is 36.6. The molecule has 0 radical (unpaired) electrons. The average Bonchev–Trinajstić information content (AvgIpc) is 4.05. The SMILES string of the molecule is Nc1ncnc2c1c(-c1ccc(Oc3ccccc3)cc1)nn2[C@@H]1CCCN(C(=O)c2cn(CCOCCOCCOCCCc3cccc4c3C(=O)N(C3CCC(=O)NC3=O)C4=O)nn2)C1. The molecule has 3 aliphatic rings. The van der Waals surface area contributed by atoms with Gasteiger partial charge in [0.2, 0.25) is 11.8 Å². The van der Waals surface area contributed by atoms with Crippen LogP contribution in [0.1, 0.15) is 74.9 Å². The smallest absolute Gasteiger partial charge is 0.276 e. The van der Waals surface area contributed by atoms with Crippen molar-refractivity contribution >= 4 is 46.4 Å². The van der Waals surface area contributed by atoms with E-state index in [0.717, 1.165) is 29.1 Å². The molecule has 0 aliphatic carbocycles. The van der Waals surface area contributed by atoms with Crippen LogP contribution < -0.4 is 15.8 Å². The second-order valence-electron chi connectivity index (χ2n) is 16.3. The Labute approximate surface area is 384 Å². The van der Waals surface area contributed by atoms with E-state index in [0.29, 0.717) is 112 Å². The molecule has 346 valence electrons. The lowest BCUT2D eigenvalue weighted by molar-refractivity contribution is -0.136. The number of nitrogen functional groups attached to an aromatic ring is 1. The molecule has 3 N–H and O–H groups in total. The number of anilines is 1. The largest absolute Gasteiger partial charge is 0.457 e. The van der Waals surface area contributed by atoms with Crippen molar-refractivity contribution in [3.63, 3.8) is 0 Å². The predicted octanol–water partition coefficient (Wildman–Crippen LogP) is 4.02. The van der Waals surface area contributed by atoms with Gasteiger partial charge in [-0.3, -0.25) is 34.2 Å². The van der Waals surface area contributed by atoms with Gasteiger partial charge >= 0.3 is 0 Å². The molecule has 2 saturated heterocycles. The number of benzene rings is 3. The fourth-order valence-electron chi connectivity index (χ4n) is 8.62. The van der Waals surface area contributed by atoms with E-state index in [1.165, 1.54) is 6.33 Å². The zero-order valence-electron chi connectivity index (χ0n) is 36.6. The van der Waals surface area contributed by atoms with E-state index in [4.69, 9.17) is 29.8 Å². The van der Waals surface area contributed by atoms with Gasteiger partial charge in [0, 0.05) is 31.7 Å². The monoisotopic (exact) mass is 911 g/mol. The van der Waals surface area contributed by atoms with Crippen molar-refractivity contribution in [1.29, 1.82) is 0 Å². The maximum absolute atomic E-state index is 13.7. The molecule has 2 atom stereocenters. The van der Waals surface area contributed by atoms with Crippen LogP contribution in [0, 0.1) is 0 Å². The van der Waals surface area contributed by atoms with Crippen molar-refractivity contribution in [2.24, 2.45) is 0 Å². The van der Waals surface area contributed by atoms with E-state index >= 15 is 0 Å². The van der Waals surface area contributed by atoms with E-state index in [1.807, 2.05) is 59.3 Å². The fourth-order valence-corrected chi connectivity index (χ4v) is 8.62. The first-order valence-electron chi connectivity index (χ1n) is 22.3. The van der Waals surface area contributed by atoms with Crippen molar-refractivity contribution in [2.45, 2.75) is 57.2 Å². The first-order valence-corrected chi connectivity index (χ1v) is 22.3. The number of imide groups is 2. The van der Waals surface area contributed by atoms with Gasteiger partial charge in [-0.1, -0.05) is 35.5 Å². The van der Waals surface area contributed by atoms with Crippen molar-refractivity contribution in [3.8, 4) is 22.8 Å². The number of ether oxygens (including phenoxy) is 4. The molecule has 0 spiro atoms. The van der Waals surface area contributed by atoms with Crippen molar-refractivity contribution in [2.75, 3.05) is 58.5 Å². The third-order valence-corrected chi connectivity index (χ3v) is 11.9. The summed E-state index contributed by atoms with van der Waals surface area (Å²) in [5.74, 6) is -0.568. The molecule has 20 nitrogen and oxygen atoms in total. The lowest BCUT2D eigenvalue weighted by Crippen LogP contribution is -2.54. The van der Waals surface area contributed by atoms with Gasteiger partial charge in [0.15, 0.2) is 11.3 Å². The number of aryl methyl sites for hydroxylation is 1. The average molecular weight is 912 g/mol. The number of nitrogens with one attached hydrogen (secondary N) is 1. The van der Waals surface area contributed by atoms with Gasteiger partial charge in [-0.25, -0.2) is 19.3 Å². The molecule has 9 rings (SSSR count). The van der Waals surface area contributed by atoms with Gasteiger partial charge in [-0.05, 0) is 80.1 Å². The molecule has 6 aromatic rings. The van der Waals surface area contributed by atoms with Crippen molar-refractivity contribution in [1.82, 2.24) is 49.9 Å². The Morgan fingerprint density at radius 2 is 1.58 bits per heavy atom. The Bertz CT molecular complexity index is 2780. The molecule has 0 saturated carbocycles. The lowest BCUT2D eigenvalue weighted by atomic mass is 9.99. The van der Waals surface area contributed by atoms with Crippen LogP contribution >= 0.6 is 0 Å². The second-order valence-corrected chi connectivity index (χ2v) is 16.3. The maximum atomic E-state index is 13.7. The molecule has 2 fully saturated rings. The third kappa shape index (κ3) is 9.91. The Hall–Kier alpha value is -7.42. The summed E-state index contributed by atoms with van der Waals surface area (Å²) >= 11 is 0. The fraction of sp³-hybridized carbons (Fsp3) is 0.362. The van der Waals surface area contributed by atoms with E-state index < -0.39 is 29.7 Å². The third-order valence-electron chi connectivity index (χ3n) is 11.9. The summed E-state index contributed by atoms with van der Waals surface area (Å²) in [6.45, 7) is 3.56. The van der Waals surface area contributed by atoms with Gasteiger partial charge in [0.05, 0.1) is 68.3 Å². The first-order chi connectivity index (χ1) is 32.7. The number of amides is 5. The number of hydrogen-bond acceptors (Lipinski definition) is 15. The van der Waals surface area contributed by atoms with E-state index in [2.05, 4.69) is 25.6 Å². The summed E-state index contributed by atoms with van der Waals surface area (Å²) in [6, 6.07) is 21.1. The van der Waals surface area contributed by atoms with Crippen LogP contribution in [0.25, 0.3) is 22.3 Å². The summed E-state index contributed by atoms with van der Waals surface area (Å²) < 4.78 is 26.5. The predicted molar refractivity (Wildman–Crippen MR) is 240 cm³/mol. The van der Waals surface area contributed by atoms with Crippen LogP contribution in [0.3, 0.4) is 0 Å². The maximum Gasteiger partial charge on any atom is 0.276 e. The Kier molecular flexibility index (Phi) is 13.6. The van der Waals surface area contributed by atoms with Crippen LogP contribution in [-0.2, 0) is 36.8 Å². The number of para-hydroxylation sites is 1. The van der Waals surface area contributed by atoms with E-state index in [1.54, 1.807) is 34.0 Å². The second kappa shape index (κ2) is 20.4. The van der Waals surface area contributed by atoms with Gasteiger partial charge in [-0.15, -0.1) is 5.10 Å². The number of nitrogens with two attached hydrogens (primary N) is 1. The topological polar surface area (TPSA) is 241 Å². The van der Waals surface area contributed by atoms with Crippen LogP contribution in [0.5, 0.6) is 11.5 Å². The highest BCUT2D eigenvalue weighted by atomic mass is 16.5. The molecular formula is C47H49N11O9. The van der Waals surface area contributed by atoms with Crippen LogP contribution in [-0.4, -0.2) is 133 Å². The molecule has 1 unspecified atom stereocenters. The number of carbonyl (C=O) groups excluding carboxylic acids is 5. The van der Waals surface area contributed by atoms with Gasteiger partial charge < -0.3 is 29.6 Å². The Morgan fingerprint density at radius 1 is 0.821 bits per heavy atom. The molecule has 3 aliphatic heterocycles. The molecule has 20 heteroatoms. The number of carbonyl (C=O) groups is 5. The highest BCUT2D eigenvalue weighted by molar-refractivity contribution is 6.24. The molecule has 67 heavy (non-hydrogen) atoms. The minimum Gasteiger partial charge on any atom is -0.457 e. The lowest BCUT2D eigenvalue weighted by Gasteiger charge is -2.32. The summed E-state index contributed by atoms with van der Waals surface area (Å²) in [7, 11) is 0. The van der Waals surface area contributed by atoms with Crippen molar-refractivity contribution in [3.05, 3.63) is 108 Å². The molecule has 3 aromatic carbocycles. The van der Waals surface area contributed by atoms with E-state index in [9.17, 15) is 24.0 Å². The van der Waals surface area contributed by atoms with Crippen LogP contribution in [0.15, 0.2) is 85.3 Å². The van der Waals surface area contributed by atoms with Gasteiger partial charge in [-0.2, -0.15) is 5.10 Å². The molecule has 0 bridgehead atoms. The zero-order chi connectivity index (χ0) is 46.3. The van der Waals surface area contributed by atoms with Gasteiger partial charge in [0.1, 0.15) is 35.4 Å². The molecule has 3 aromatic heterocycles. The minimum absolute atomic E-state index is 0.0663. The summed E-state index contributed by atoms with van der Waals surface area (Å²) in [4.78, 5) is 75.6. The number of aromatic nitrogens is 7. The number of hydrogen-bond donors (Lipinski definition) is 2. The summed E-state index contributed by atoms with van der Waals surface area (Å²) in [5, 5.41) is 16.2. The molecule has 6 heterocycles. The summed E-state index contributed by atoms with van der Waals surface area (Å²) in [5.41, 5.74) is 10.0. The quantitative estimate of drug-likeness (QED) is 0.0862. The van der Waals surface area contributed by atoms with Gasteiger partial charge in [0.25, 0.3) is 17.7 Å². The Morgan fingerprint density at radius 3 is 2.37 bits per heavy atom. The molecule has 5 amide bonds. The van der Waals surface area contributed by atoms with Crippen molar-refractivity contribution < 1.29 is 42.9 Å². The minimum atomic E-state index is -1.00. The standard InChI is InChI=1S/C47H49N11O9/c48-42-40-41(31-13-15-34(16-14-31)67-33-10-2-1-3-11-33)53-58(43(40)50-29-49-42)32-9-5-19-55(27-32)46(62)36-28-56(54-52-36)20-22-65-24-26-66-25-23-64-21-6-8-30-7-4-12-35-39(30)47(63)57(45(35)61)37-17-18-38(59)51-44(37)60/h1-4,7,10-16,28-29,32,37H,5-6,8-9,17-27H2,(H2,48,49,50)(H,51,59,60)/t32-,37?/m1/s1. The number of fused-ring (bicyclic) bond motifs is 2. The number of nitrogens with zero attached hydrogens (tertiary/aromatic N) is 9. The molecular weight excluding hydrogens is 863 g/mol. The number of piperidine rings is 2. The highest BCUT2D eigenvalue weighted by Gasteiger charge is 2.45. The Balaban J connectivity index is 0.681. The number of likely N-dealkylation sites (tertiary alicyclic amines) is 1. The first kappa shape index (κ1) is 44.8. The highest BCUT2D eigenvalue weighted by Crippen LogP contribution is 2.35. The normalized spacial score (nSPS) is 17.3.